The summed E-state index contributed by atoms with van der Waals surface area (Å²) >= 11 is 0. The van der Waals surface area contributed by atoms with E-state index in [9.17, 15) is 4.79 Å². The van der Waals surface area contributed by atoms with E-state index in [0.29, 0.717) is 5.69 Å². The molecule has 2 heterocycles. The number of carboxylic acid groups (broad SMARTS) is 1. The highest BCUT2D eigenvalue weighted by molar-refractivity contribution is 5.92. The molecular weight excluding hydrogens is 230 g/mol. The molecule has 0 unspecified atom stereocenters. The summed E-state index contributed by atoms with van der Waals surface area (Å²) in [4.78, 5) is 19.4. The van der Waals surface area contributed by atoms with Gasteiger partial charge in [0.1, 0.15) is 0 Å². The van der Waals surface area contributed by atoms with E-state index in [1.165, 1.54) is 19.0 Å². The van der Waals surface area contributed by atoms with Gasteiger partial charge >= 0.3 is 5.97 Å². The van der Waals surface area contributed by atoms with Crippen LogP contribution in [0.1, 0.15) is 23.3 Å². The third kappa shape index (κ3) is 2.98. The van der Waals surface area contributed by atoms with Gasteiger partial charge in [0, 0.05) is 26.3 Å². The van der Waals surface area contributed by atoms with Crippen molar-refractivity contribution in [2.45, 2.75) is 12.8 Å². The molecule has 5 heteroatoms. The summed E-state index contributed by atoms with van der Waals surface area (Å²) in [7, 11) is 1.92. The molecular formula is C13H19N3O2. The zero-order chi connectivity index (χ0) is 13.0. The van der Waals surface area contributed by atoms with Crippen LogP contribution in [0.25, 0.3) is 0 Å². The van der Waals surface area contributed by atoms with Gasteiger partial charge in [0.05, 0.1) is 5.69 Å². The molecule has 0 aliphatic carbocycles. The number of carbonyl (C=O) groups is 1. The van der Waals surface area contributed by atoms with E-state index in [4.69, 9.17) is 5.11 Å². The maximum absolute atomic E-state index is 11.1. The summed E-state index contributed by atoms with van der Waals surface area (Å²) in [6, 6.07) is 3.58. The number of carboxylic acids is 1. The second-order valence-electron chi connectivity index (χ2n) is 4.65. The number of hydrogen-bond acceptors (Lipinski definition) is 4. The molecule has 1 N–H and O–H groups in total. The maximum atomic E-state index is 11.1. The highest BCUT2D eigenvalue weighted by Gasteiger charge is 2.16. The first-order valence-electron chi connectivity index (χ1n) is 6.30. The average molecular weight is 249 g/mol. The fourth-order valence-electron chi connectivity index (χ4n) is 2.29. The first-order valence-corrected chi connectivity index (χ1v) is 6.30. The van der Waals surface area contributed by atoms with Gasteiger partial charge in [0.2, 0.25) is 0 Å². The van der Waals surface area contributed by atoms with Crippen LogP contribution in [0.3, 0.4) is 0 Å². The number of rotatable bonds is 5. The Hall–Kier alpha value is -1.62. The van der Waals surface area contributed by atoms with Crippen molar-refractivity contribution in [3.63, 3.8) is 0 Å². The van der Waals surface area contributed by atoms with Crippen molar-refractivity contribution >= 4 is 11.7 Å². The summed E-state index contributed by atoms with van der Waals surface area (Å²) < 4.78 is 0. The van der Waals surface area contributed by atoms with E-state index in [1.807, 2.05) is 11.9 Å². The predicted molar refractivity (Wildman–Crippen MR) is 70.1 cm³/mol. The molecule has 0 spiro atoms. The van der Waals surface area contributed by atoms with Crippen molar-refractivity contribution in [3.8, 4) is 0 Å². The van der Waals surface area contributed by atoms with E-state index in [1.54, 1.807) is 12.1 Å². The van der Waals surface area contributed by atoms with Crippen LogP contribution in [0.5, 0.6) is 0 Å². The van der Waals surface area contributed by atoms with Crippen molar-refractivity contribution in [1.82, 2.24) is 9.88 Å². The predicted octanol–water partition coefficient (Wildman–Crippen LogP) is 1.31. The quantitative estimate of drug-likeness (QED) is 0.852. The average Bonchev–Trinajstić information content (AvgIpc) is 2.89. The van der Waals surface area contributed by atoms with Crippen LogP contribution in [0.2, 0.25) is 0 Å². The van der Waals surface area contributed by atoms with E-state index in [0.717, 1.165) is 26.2 Å². The summed E-state index contributed by atoms with van der Waals surface area (Å²) in [5, 5.41) is 9.09. The SMILES string of the molecule is CN(CCN1CCCC1)c1cccnc1C(=O)O. The van der Waals surface area contributed by atoms with Gasteiger partial charge in [0.15, 0.2) is 5.69 Å². The molecule has 0 atom stereocenters. The molecule has 0 bridgehead atoms. The minimum Gasteiger partial charge on any atom is -0.476 e. The van der Waals surface area contributed by atoms with Crippen molar-refractivity contribution in [1.29, 1.82) is 0 Å². The molecule has 18 heavy (non-hydrogen) atoms. The van der Waals surface area contributed by atoms with E-state index >= 15 is 0 Å². The molecule has 2 rings (SSSR count). The van der Waals surface area contributed by atoms with Gasteiger partial charge in [-0.2, -0.15) is 0 Å². The Kier molecular flexibility index (Phi) is 4.15. The van der Waals surface area contributed by atoms with Crippen LogP contribution in [0.15, 0.2) is 18.3 Å². The maximum Gasteiger partial charge on any atom is 0.356 e. The lowest BCUT2D eigenvalue weighted by atomic mass is 10.2. The summed E-state index contributed by atoms with van der Waals surface area (Å²) in [5.41, 5.74) is 0.811. The zero-order valence-electron chi connectivity index (χ0n) is 10.7. The molecule has 0 amide bonds. The molecule has 0 radical (unpaired) electrons. The first-order chi connectivity index (χ1) is 8.68. The van der Waals surface area contributed by atoms with E-state index < -0.39 is 5.97 Å². The number of likely N-dealkylation sites (tertiary alicyclic amines) is 1. The van der Waals surface area contributed by atoms with Crippen molar-refractivity contribution in [2.24, 2.45) is 0 Å². The minimum absolute atomic E-state index is 0.126. The Balaban J connectivity index is 1.99. The van der Waals surface area contributed by atoms with Gasteiger partial charge in [-0.3, -0.25) is 0 Å². The molecule has 0 aromatic carbocycles. The lowest BCUT2D eigenvalue weighted by molar-refractivity contribution is 0.0691. The number of anilines is 1. The van der Waals surface area contributed by atoms with Crippen LogP contribution < -0.4 is 4.90 Å². The summed E-state index contributed by atoms with van der Waals surface area (Å²) in [5.74, 6) is -0.973. The van der Waals surface area contributed by atoms with Crippen LogP contribution in [0.4, 0.5) is 5.69 Å². The van der Waals surface area contributed by atoms with Gasteiger partial charge in [0.25, 0.3) is 0 Å². The summed E-state index contributed by atoms with van der Waals surface area (Å²) in [6.07, 6.45) is 4.06. The van der Waals surface area contributed by atoms with E-state index in [2.05, 4.69) is 9.88 Å². The highest BCUT2D eigenvalue weighted by Crippen LogP contribution is 2.17. The van der Waals surface area contributed by atoms with Gasteiger partial charge in [-0.25, -0.2) is 9.78 Å². The third-order valence-electron chi connectivity index (χ3n) is 3.35. The molecule has 1 aromatic heterocycles. The number of aromatic nitrogens is 1. The number of hydrogen-bond donors (Lipinski definition) is 1. The van der Waals surface area contributed by atoms with Crippen LogP contribution >= 0.6 is 0 Å². The Morgan fingerprint density at radius 2 is 2.22 bits per heavy atom. The normalized spacial score (nSPS) is 15.8. The zero-order valence-corrected chi connectivity index (χ0v) is 10.7. The second kappa shape index (κ2) is 5.82. The molecule has 1 saturated heterocycles. The molecule has 1 aliphatic heterocycles. The van der Waals surface area contributed by atoms with Gasteiger partial charge < -0.3 is 14.9 Å². The Labute approximate surface area is 107 Å². The van der Waals surface area contributed by atoms with Crippen molar-refractivity contribution in [2.75, 3.05) is 38.1 Å². The third-order valence-corrected chi connectivity index (χ3v) is 3.35. The lowest BCUT2D eigenvalue weighted by Crippen LogP contribution is -2.32. The van der Waals surface area contributed by atoms with Gasteiger partial charge in [-0.1, -0.05) is 0 Å². The number of pyridine rings is 1. The molecule has 1 fully saturated rings. The number of nitrogens with zero attached hydrogens (tertiary/aromatic N) is 3. The fraction of sp³-hybridized carbons (Fsp3) is 0.538. The summed E-state index contributed by atoms with van der Waals surface area (Å²) in [6.45, 7) is 4.12. The van der Waals surface area contributed by atoms with Crippen molar-refractivity contribution in [3.05, 3.63) is 24.0 Å². The highest BCUT2D eigenvalue weighted by atomic mass is 16.4. The standard InChI is InChI=1S/C13H19N3O2/c1-15(9-10-16-7-2-3-8-16)11-5-4-6-14-12(11)13(17)18/h4-6H,2-3,7-10H2,1H3,(H,17,18). The van der Waals surface area contributed by atoms with Crippen LogP contribution in [-0.4, -0.2) is 54.2 Å². The molecule has 5 nitrogen and oxygen atoms in total. The second-order valence-corrected chi connectivity index (χ2v) is 4.65. The molecule has 1 aliphatic rings. The van der Waals surface area contributed by atoms with E-state index in [-0.39, 0.29) is 5.69 Å². The number of aromatic carboxylic acids is 1. The Bertz CT molecular complexity index is 416. The van der Waals surface area contributed by atoms with Gasteiger partial charge in [-0.15, -0.1) is 0 Å². The topological polar surface area (TPSA) is 56.7 Å². The first kappa shape index (κ1) is 12.8. The van der Waals surface area contributed by atoms with Crippen molar-refractivity contribution < 1.29 is 9.90 Å². The molecule has 1 aromatic rings. The fourth-order valence-corrected chi connectivity index (χ4v) is 2.29. The number of likely N-dealkylation sites (N-methyl/N-ethyl adjacent to an activating group) is 1. The molecule has 98 valence electrons. The van der Waals surface area contributed by atoms with Gasteiger partial charge in [-0.05, 0) is 38.1 Å². The van der Waals surface area contributed by atoms with Crippen LogP contribution in [0, 0.1) is 0 Å². The largest absolute Gasteiger partial charge is 0.476 e. The molecule has 0 saturated carbocycles. The van der Waals surface area contributed by atoms with Crippen LogP contribution in [-0.2, 0) is 0 Å². The smallest absolute Gasteiger partial charge is 0.356 e. The monoisotopic (exact) mass is 249 g/mol. The lowest BCUT2D eigenvalue weighted by Gasteiger charge is -2.23. The Morgan fingerprint density at radius 3 is 2.89 bits per heavy atom. The minimum atomic E-state index is -0.973. The Morgan fingerprint density at radius 1 is 1.50 bits per heavy atom.